The van der Waals surface area contributed by atoms with Crippen LogP contribution in [0.1, 0.15) is 17.7 Å². The van der Waals surface area contributed by atoms with E-state index < -0.39 is 6.10 Å². The third-order valence-electron chi connectivity index (χ3n) is 4.36. The molecule has 1 aliphatic rings. The van der Waals surface area contributed by atoms with Gasteiger partial charge >= 0.3 is 0 Å². The zero-order valence-electron chi connectivity index (χ0n) is 13.2. The van der Waals surface area contributed by atoms with Crippen LogP contribution in [0.3, 0.4) is 0 Å². The van der Waals surface area contributed by atoms with E-state index in [0.717, 1.165) is 18.5 Å². The van der Waals surface area contributed by atoms with Crippen LogP contribution in [0.4, 0.5) is 0 Å². The van der Waals surface area contributed by atoms with Crippen LogP contribution < -0.4 is 0 Å². The SMILES string of the molecule is Cc1cc(-c2nn(C)c(Cl)c2CN2CC[C@H](CO)[C@@H](O)C2)no1. The van der Waals surface area contributed by atoms with Crippen molar-refractivity contribution in [2.45, 2.75) is 26.0 Å². The lowest BCUT2D eigenvalue weighted by atomic mass is 9.94. The molecule has 0 unspecified atom stereocenters. The number of rotatable bonds is 4. The van der Waals surface area contributed by atoms with Crippen LogP contribution in [0.5, 0.6) is 0 Å². The third kappa shape index (κ3) is 3.28. The van der Waals surface area contributed by atoms with Crippen LogP contribution in [-0.4, -0.2) is 55.9 Å². The highest BCUT2D eigenvalue weighted by atomic mass is 35.5. The van der Waals surface area contributed by atoms with Gasteiger partial charge in [0.1, 0.15) is 22.3 Å². The lowest BCUT2D eigenvalue weighted by molar-refractivity contribution is -0.00440. The average Bonchev–Trinajstić information content (AvgIpc) is 3.06. The molecule has 0 saturated carbocycles. The van der Waals surface area contributed by atoms with E-state index in [-0.39, 0.29) is 12.5 Å². The molecule has 2 atom stereocenters. The van der Waals surface area contributed by atoms with Crippen molar-refractivity contribution in [3.8, 4) is 11.4 Å². The first-order valence-corrected chi connectivity index (χ1v) is 8.03. The molecule has 2 aromatic heterocycles. The maximum absolute atomic E-state index is 10.1. The predicted octanol–water partition coefficient (Wildman–Crippen LogP) is 1.21. The van der Waals surface area contributed by atoms with E-state index in [1.165, 1.54) is 0 Å². The minimum Gasteiger partial charge on any atom is -0.396 e. The van der Waals surface area contributed by atoms with E-state index in [1.54, 1.807) is 11.7 Å². The van der Waals surface area contributed by atoms with Crippen molar-refractivity contribution < 1.29 is 14.7 Å². The Morgan fingerprint density at radius 1 is 1.48 bits per heavy atom. The van der Waals surface area contributed by atoms with E-state index in [0.29, 0.717) is 35.4 Å². The normalized spacial score (nSPS) is 22.7. The number of halogens is 1. The zero-order valence-corrected chi connectivity index (χ0v) is 14.0. The maximum Gasteiger partial charge on any atom is 0.134 e. The van der Waals surface area contributed by atoms with Crippen molar-refractivity contribution in [1.82, 2.24) is 19.8 Å². The third-order valence-corrected chi connectivity index (χ3v) is 4.83. The Bertz CT molecular complexity index is 684. The summed E-state index contributed by atoms with van der Waals surface area (Å²) >= 11 is 6.40. The molecule has 8 heteroatoms. The number of aliphatic hydroxyl groups is 2. The van der Waals surface area contributed by atoms with Gasteiger partial charge in [-0.3, -0.25) is 9.58 Å². The Balaban J connectivity index is 1.83. The summed E-state index contributed by atoms with van der Waals surface area (Å²) in [7, 11) is 1.79. The van der Waals surface area contributed by atoms with Gasteiger partial charge in [-0.05, 0) is 19.9 Å². The van der Waals surface area contributed by atoms with Crippen molar-refractivity contribution in [3.63, 3.8) is 0 Å². The number of piperidine rings is 1. The molecule has 3 heterocycles. The zero-order chi connectivity index (χ0) is 16.6. The molecule has 0 aliphatic carbocycles. The number of likely N-dealkylation sites (tertiary alicyclic amines) is 1. The van der Waals surface area contributed by atoms with Gasteiger partial charge in [0.15, 0.2) is 0 Å². The van der Waals surface area contributed by atoms with Gasteiger partial charge in [-0.2, -0.15) is 5.10 Å². The van der Waals surface area contributed by atoms with Gasteiger partial charge in [0.25, 0.3) is 0 Å². The van der Waals surface area contributed by atoms with E-state index in [1.807, 2.05) is 13.0 Å². The summed E-state index contributed by atoms with van der Waals surface area (Å²) < 4.78 is 6.75. The fourth-order valence-corrected chi connectivity index (χ4v) is 3.18. The topological polar surface area (TPSA) is 87.6 Å². The van der Waals surface area contributed by atoms with Crippen LogP contribution in [0.2, 0.25) is 5.15 Å². The first kappa shape index (κ1) is 16.4. The summed E-state index contributed by atoms with van der Waals surface area (Å²) in [6.07, 6.45) is 0.232. The van der Waals surface area contributed by atoms with Crippen LogP contribution in [-0.2, 0) is 13.6 Å². The number of hydrogen-bond acceptors (Lipinski definition) is 6. The van der Waals surface area contributed by atoms with E-state index in [2.05, 4.69) is 15.2 Å². The molecule has 1 aliphatic heterocycles. The van der Waals surface area contributed by atoms with Gasteiger partial charge in [-0.1, -0.05) is 16.8 Å². The Morgan fingerprint density at radius 3 is 2.87 bits per heavy atom. The van der Waals surface area contributed by atoms with Crippen molar-refractivity contribution in [2.24, 2.45) is 13.0 Å². The molecule has 0 aromatic carbocycles. The lowest BCUT2D eigenvalue weighted by Gasteiger charge is -2.35. The molecule has 0 bridgehead atoms. The summed E-state index contributed by atoms with van der Waals surface area (Å²) in [6, 6.07) is 1.83. The Kier molecular flexibility index (Phi) is 4.72. The highest BCUT2D eigenvalue weighted by Crippen LogP contribution is 2.30. The molecule has 7 nitrogen and oxygen atoms in total. The molecule has 126 valence electrons. The second-order valence-corrected chi connectivity index (χ2v) is 6.46. The first-order chi connectivity index (χ1) is 11.0. The number of nitrogens with zero attached hydrogens (tertiary/aromatic N) is 4. The van der Waals surface area contributed by atoms with E-state index in [9.17, 15) is 10.2 Å². The summed E-state index contributed by atoms with van der Waals surface area (Å²) in [5.74, 6) is 0.667. The molecule has 3 rings (SSSR count). The van der Waals surface area contributed by atoms with Gasteiger partial charge in [-0.25, -0.2) is 0 Å². The van der Waals surface area contributed by atoms with E-state index in [4.69, 9.17) is 16.1 Å². The fourth-order valence-electron chi connectivity index (χ4n) is 3.00. The predicted molar refractivity (Wildman–Crippen MR) is 84.9 cm³/mol. The molecule has 2 N–H and O–H groups in total. The molecular weight excluding hydrogens is 320 g/mol. The molecule has 1 saturated heterocycles. The number of aromatic nitrogens is 3. The highest BCUT2D eigenvalue weighted by molar-refractivity contribution is 6.30. The quantitative estimate of drug-likeness (QED) is 0.870. The second-order valence-electron chi connectivity index (χ2n) is 6.10. The Hall–Kier alpha value is -1.41. The second kappa shape index (κ2) is 6.60. The Morgan fingerprint density at radius 2 is 2.26 bits per heavy atom. The van der Waals surface area contributed by atoms with Gasteiger partial charge in [0.2, 0.25) is 0 Å². The summed E-state index contributed by atoms with van der Waals surface area (Å²) in [4.78, 5) is 2.12. The van der Waals surface area contributed by atoms with Gasteiger partial charge < -0.3 is 14.7 Å². The van der Waals surface area contributed by atoms with E-state index >= 15 is 0 Å². The number of aliphatic hydroxyl groups excluding tert-OH is 2. The minimum absolute atomic E-state index is 0.0200. The molecule has 23 heavy (non-hydrogen) atoms. The number of hydrogen-bond donors (Lipinski definition) is 2. The number of β-amino-alcohol motifs (C(OH)–C–C–N with tert-alkyl or cyclic N) is 1. The van der Waals surface area contributed by atoms with Crippen LogP contribution in [0.15, 0.2) is 10.6 Å². The monoisotopic (exact) mass is 340 g/mol. The van der Waals surface area contributed by atoms with Gasteiger partial charge in [0, 0.05) is 44.3 Å². The van der Waals surface area contributed by atoms with Gasteiger partial charge in [-0.15, -0.1) is 0 Å². The smallest absolute Gasteiger partial charge is 0.134 e. The lowest BCUT2D eigenvalue weighted by Crippen LogP contribution is -2.44. The molecule has 1 fully saturated rings. The van der Waals surface area contributed by atoms with Crippen molar-refractivity contribution in [2.75, 3.05) is 19.7 Å². The first-order valence-electron chi connectivity index (χ1n) is 7.66. The molecule has 0 radical (unpaired) electrons. The molecular formula is C15H21ClN4O3. The molecule has 0 amide bonds. The molecule has 2 aromatic rings. The largest absolute Gasteiger partial charge is 0.396 e. The Labute approximate surface area is 139 Å². The van der Waals surface area contributed by atoms with Crippen molar-refractivity contribution in [1.29, 1.82) is 0 Å². The number of aryl methyl sites for hydroxylation is 2. The standard InChI is InChI=1S/C15H21ClN4O3/c1-9-5-12(18-23-9)14-11(15(16)19(2)17-14)6-20-4-3-10(8-21)13(22)7-20/h5,10,13,21-22H,3-4,6-8H2,1-2H3/t10-,13+/m1/s1. The highest BCUT2D eigenvalue weighted by Gasteiger charge is 2.29. The van der Waals surface area contributed by atoms with Crippen molar-refractivity contribution >= 4 is 11.6 Å². The summed E-state index contributed by atoms with van der Waals surface area (Å²) in [5.41, 5.74) is 2.23. The van der Waals surface area contributed by atoms with Crippen molar-refractivity contribution in [3.05, 3.63) is 22.5 Å². The summed E-state index contributed by atoms with van der Waals surface area (Å²) in [6.45, 7) is 3.73. The fraction of sp³-hybridized carbons (Fsp3) is 0.600. The summed E-state index contributed by atoms with van der Waals surface area (Å²) in [5, 5.41) is 28.4. The van der Waals surface area contributed by atoms with Crippen LogP contribution >= 0.6 is 11.6 Å². The van der Waals surface area contributed by atoms with Crippen LogP contribution in [0.25, 0.3) is 11.4 Å². The van der Waals surface area contributed by atoms with Crippen LogP contribution in [0, 0.1) is 12.8 Å². The maximum atomic E-state index is 10.1. The molecule has 0 spiro atoms. The average molecular weight is 341 g/mol. The minimum atomic E-state index is -0.526. The van der Waals surface area contributed by atoms with Gasteiger partial charge in [0.05, 0.1) is 6.10 Å².